The van der Waals surface area contributed by atoms with Crippen molar-refractivity contribution in [3.63, 3.8) is 0 Å². The maximum absolute atomic E-state index is 9.67. The van der Waals surface area contributed by atoms with E-state index in [1.54, 1.807) is 0 Å². The highest BCUT2D eigenvalue weighted by Gasteiger charge is 2.63. The minimum atomic E-state index is -0.311. The van der Waals surface area contributed by atoms with E-state index in [1.807, 2.05) is 6.92 Å². The van der Waals surface area contributed by atoms with Crippen molar-refractivity contribution < 1.29 is 5.11 Å². The molecule has 2 aliphatic carbocycles. The third-order valence-electron chi connectivity index (χ3n) is 3.30. The molecular weight excluding hydrogens is 112 g/mol. The van der Waals surface area contributed by atoms with Gasteiger partial charge in [0.15, 0.2) is 0 Å². The number of rotatable bonds is 0. The molecule has 2 fully saturated rings. The molecule has 0 heterocycles. The summed E-state index contributed by atoms with van der Waals surface area (Å²) < 4.78 is 0. The number of aliphatic hydroxyl groups is 1. The van der Waals surface area contributed by atoms with E-state index in [4.69, 9.17) is 0 Å². The lowest BCUT2D eigenvalue weighted by molar-refractivity contribution is 0.0437. The molecule has 1 unspecified atom stereocenters. The Hall–Kier alpha value is -0.0400. The second-order valence-corrected chi connectivity index (χ2v) is 4.27. The Morgan fingerprint density at radius 2 is 2.00 bits per heavy atom. The Kier molecular flexibility index (Phi) is 0.760. The van der Waals surface area contributed by atoms with Crippen LogP contribution < -0.4 is 0 Å². The first-order valence-corrected chi connectivity index (χ1v) is 3.77. The summed E-state index contributed by atoms with van der Waals surface area (Å²) >= 11 is 0. The lowest BCUT2D eigenvalue weighted by Crippen LogP contribution is -2.23. The van der Waals surface area contributed by atoms with E-state index in [0.29, 0.717) is 11.3 Å². The molecular formula is C8H14O. The fourth-order valence-electron chi connectivity index (χ4n) is 2.37. The number of fused-ring (bicyclic) bond motifs is 1. The zero-order chi connectivity index (χ0) is 6.70. The molecule has 0 radical (unpaired) electrons. The van der Waals surface area contributed by atoms with Gasteiger partial charge in [-0.2, -0.15) is 0 Å². The SMILES string of the molecule is C[C@@]12CC[C@](C)(O)C1C2. The van der Waals surface area contributed by atoms with Gasteiger partial charge in [0.25, 0.3) is 0 Å². The molecule has 1 nitrogen and oxygen atoms in total. The summed E-state index contributed by atoms with van der Waals surface area (Å²) in [5.41, 5.74) is 0.234. The van der Waals surface area contributed by atoms with Gasteiger partial charge in [-0.15, -0.1) is 0 Å². The van der Waals surface area contributed by atoms with Gasteiger partial charge in [0.1, 0.15) is 0 Å². The molecule has 2 saturated carbocycles. The van der Waals surface area contributed by atoms with E-state index in [2.05, 4.69) is 6.92 Å². The standard InChI is InChI=1S/C8H14O/c1-7-3-4-8(2,9)6(7)5-7/h6,9H,3-5H2,1-2H3/t6?,7-,8-/m0/s1. The summed E-state index contributed by atoms with van der Waals surface area (Å²) in [5, 5.41) is 9.67. The maximum Gasteiger partial charge on any atom is 0.0653 e. The highest BCUT2D eigenvalue weighted by Crippen LogP contribution is 2.67. The van der Waals surface area contributed by atoms with E-state index in [9.17, 15) is 5.11 Å². The molecule has 2 rings (SSSR count). The second kappa shape index (κ2) is 1.20. The molecule has 0 saturated heterocycles. The van der Waals surface area contributed by atoms with Gasteiger partial charge in [0, 0.05) is 0 Å². The third kappa shape index (κ3) is 0.586. The van der Waals surface area contributed by atoms with Crippen LogP contribution in [-0.2, 0) is 0 Å². The van der Waals surface area contributed by atoms with Crippen molar-refractivity contribution >= 4 is 0 Å². The Morgan fingerprint density at radius 3 is 2.11 bits per heavy atom. The topological polar surface area (TPSA) is 20.2 Å². The summed E-state index contributed by atoms with van der Waals surface area (Å²) in [4.78, 5) is 0. The minimum absolute atomic E-state index is 0.311. The minimum Gasteiger partial charge on any atom is -0.390 e. The van der Waals surface area contributed by atoms with Gasteiger partial charge in [-0.05, 0) is 37.5 Å². The predicted octanol–water partition coefficient (Wildman–Crippen LogP) is 1.56. The maximum atomic E-state index is 9.67. The number of hydrogen-bond donors (Lipinski definition) is 1. The van der Waals surface area contributed by atoms with Crippen molar-refractivity contribution in [2.75, 3.05) is 0 Å². The van der Waals surface area contributed by atoms with Crippen LogP contribution in [0.25, 0.3) is 0 Å². The predicted molar refractivity (Wildman–Crippen MR) is 36.1 cm³/mol. The van der Waals surface area contributed by atoms with Gasteiger partial charge in [-0.3, -0.25) is 0 Å². The fraction of sp³-hybridized carbons (Fsp3) is 1.00. The molecule has 0 aromatic rings. The third-order valence-corrected chi connectivity index (χ3v) is 3.30. The van der Waals surface area contributed by atoms with E-state index >= 15 is 0 Å². The van der Waals surface area contributed by atoms with E-state index in [0.717, 1.165) is 6.42 Å². The van der Waals surface area contributed by atoms with Crippen LogP contribution in [0, 0.1) is 11.3 Å². The van der Waals surface area contributed by atoms with Gasteiger partial charge in [0.2, 0.25) is 0 Å². The molecule has 0 bridgehead atoms. The van der Waals surface area contributed by atoms with Crippen molar-refractivity contribution in [2.45, 2.75) is 38.7 Å². The van der Waals surface area contributed by atoms with Crippen LogP contribution in [0.2, 0.25) is 0 Å². The number of hydrogen-bond acceptors (Lipinski definition) is 1. The lowest BCUT2D eigenvalue weighted by Gasteiger charge is -2.16. The summed E-state index contributed by atoms with van der Waals surface area (Å²) in [6.45, 7) is 4.27. The van der Waals surface area contributed by atoms with E-state index in [1.165, 1.54) is 12.8 Å². The van der Waals surface area contributed by atoms with Crippen molar-refractivity contribution in [3.05, 3.63) is 0 Å². The molecule has 9 heavy (non-hydrogen) atoms. The fourth-order valence-corrected chi connectivity index (χ4v) is 2.37. The van der Waals surface area contributed by atoms with Crippen LogP contribution in [0.1, 0.15) is 33.1 Å². The molecule has 0 aliphatic heterocycles. The second-order valence-electron chi connectivity index (χ2n) is 4.27. The average Bonchev–Trinajstić information content (AvgIpc) is 2.35. The van der Waals surface area contributed by atoms with Crippen LogP contribution in [0.15, 0.2) is 0 Å². The van der Waals surface area contributed by atoms with Gasteiger partial charge in [0.05, 0.1) is 5.60 Å². The largest absolute Gasteiger partial charge is 0.390 e. The first-order chi connectivity index (χ1) is 4.05. The molecule has 2 aliphatic rings. The summed E-state index contributed by atoms with van der Waals surface area (Å²) in [7, 11) is 0. The summed E-state index contributed by atoms with van der Waals surface area (Å²) in [5.74, 6) is 0.630. The van der Waals surface area contributed by atoms with Crippen molar-refractivity contribution in [2.24, 2.45) is 11.3 Å². The van der Waals surface area contributed by atoms with E-state index in [-0.39, 0.29) is 5.60 Å². The molecule has 0 aromatic carbocycles. The zero-order valence-electron chi connectivity index (χ0n) is 6.15. The first-order valence-electron chi connectivity index (χ1n) is 3.77. The van der Waals surface area contributed by atoms with Gasteiger partial charge in [-0.1, -0.05) is 6.92 Å². The normalized spacial score (nSPS) is 63.7. The highest BCUT2D eigenvalue weighted by molar-refractivity contribution is 5.13. The van der Waals surface area contributed by atoms with Crippen molar-refractivity contribution in [1.82, 2.24) is 0 Å². The Balaban J connectivity index is 2.21. The molecule has 3 atom stereocenters. The Bertz CT molecular complexity index is 151. The molecule has 0 amide bonds. The first kappa shape index (κ1) is 5.72. The van der Waals surface area contributed by atoms with Crippen LogP contribution in [0.4, 0.5) is 0 Å². The molecule has 52 valence electrons. The zero-order valence-corrected chi connectivity index (χ0v) is 6.15. The van der Waals surface area contributed by atoms with Crippen molar-refractivity contribution in [3.8, 4) is 0 Å². The summed E-state index contributed by atoms with van der Waals surface area (Å²) in [6, 6.07) is 0. The molecule has 1 heteroatoms. The van der Waals surface area contributed by atoms with Crippen LogP contribution in [0.3, 0.4) is 0 Å². The monoisotopic (exact) mass is 126 g/mol. The molecule has 0 spiro atoms. The van der Waals surface area contributed by atoms with E-state index < -0.39 is 0 Å². The van der Waals surface area contributed by atoms with Crippen molar-refractivity contribution in [1.29, 1.82) is 0 Å². The van der Waals surface area contributed by atoms with Crippen LogP contribution >= 0.6 is 0 Å². The van der Waals surface area contributed by atoms with Gasteiger partial charge >= 0.3 is 0 Å². The van der Waals surface area contributed by atoms with Gasteiger partial charge in [-0.25, -0.2) is 0 Å². The lowest BCUT2D eigenvalue weighted by atomic mass is 10.0. The Labute approximate surface area is 56.1 Å². The highest BCUT2D eigenvalue weighted by atomic mass is 16.3. The smallest absolute Gasteiger partial charge is 0.0653 e. The van der Waals surface area contributed by atoms with Gasteiger partial charge < -0.3 is 5.11 Å². The molecule has 1 N–H and O–H groups in total. The Morgan fingerprint density at radius 1 is 1.33 bits per heavy atom. The quantitative estimate of drug-likeness (QED) is 0.522. The molecule has 0 aromatic heterocycles. The van der Waals surface area contributed by atoms with Crippen LogP contribution in [-0.4, -0.2) is 10.7 Å². The summed E-state index contributed by atoms with van der Waals surface area (Å²) in [6.07, 6.45) is 3.53. The van der Waals surface area contributed by atoms with Crippen LogP contribution in [0.5, 0.6) is 0 Å². The average molecular weight is 126 g/mol.